The van der Waals surface area contributed by atoms with Gasteiger partial charge in [0.25, 0.3) is 0 Å². The van der Waals surface area contributed by atoms with E-state index < -0.39 is 27.0 Å². The maximum atomic E-state index is 12.3. The third kappa shape index (κ3) is 4.58. The summed E-state index contributed by atoms with van der Waals surface area (Å²) in [6, 6.07) is 4.34. The Bertz CT molecular complexity index is 584. The molecule has 0 unspecified atom stereocenters. The van der Waals surface area contributed by atoms with Gasteiger partial charge in [-0.25, -0.2) is 13.1 Å². The number of piperidine rings is 1. The molecule has 0 bridgehead atoms. The van der Waals surface area contributed by atoms with Crippen molar-refractivity contribution in [1.82, 2.24) is 10.0 Å². The number of alkyl halides is 3. The average molecular weight is 324 g/mol. The summed E-state index contributed by atoms with van der Waals surface area (Å²) in [4.78, 5) is -0.520. The third-order valence-corrected chi connectivity index (χ3v) is 4.54. The monoisotopic (exact) mass is 324 g/mol. The molecular formula is C12H15F3N2O3S. The molecule has 1 aliphatic rings. The third-order valence-electron chi connectivity index (χ3n) is 2.98. The minimum absolute atomic E-state index is 0.345. The van der Waals surface area contributed by atoms with Crippen LogP contribution in [-0.4, -0.2) is 33.9 Å². The molecule has 0 saturated carbocycles. The largest absolute Gasteiger partial charge is 0.573 e. The second-order valence-corrected chi connectivity index (χ2v) is 6.34. The van der Waals surface area contributed by atoms with Gasteiger partial charge >= 0.3 is 6.36 Å². The van der Waals surface area contributed by atoms with E-state index >= 15 is 0 Å². The van der Waals surface area contributed by atoms with Crippen LogP contribution in [0.25, 0.3) is 0 Å². The molecule has 1 atom stereocenters. The van der Waals surface area contributed by atoms with Gasteiger partial charge in [0.15, 0.2) is 0 Å². The number of hydrogen-bond acceptors (Lipinski definition) is 4. The number of benzene rings is 1. The van der Waals surface area contributed by atoms with Crippen molar-refractivity contribution in [2.75, 3.05) is 13.1 Å². The van der Waals surface area contributed by atoms with Crippen molar-refractivity contribution in [3.05, 3.63) is 24.3 Å². The van der Waals surface area contributed by atoms with Crippen molar-refractivity contribution >= 4 is 10.0 Å². The van der Waals surface area contributed by atoms with E-state index in [2.05, 4.69) is 14.8 Å². The molecule has 2 N–H and O–H groups in total. The number of hydrogen-bond donors (Lipinski definition) is 2. The Hall–Kier alpha value is -1.32. The zero-order valence-electron chi connectivity index (χ0n) is 11.0. The zero-order chi connectivity index (χ0) is 15.5. The molecule has 1 aromatic rings. The molecule has 0 aromatic heterocycles. The standard InChI is InChI=1S/C12H15F3N2O3S/c13-12(14,15)20-10-5-1-2-6-11(10)21(18,19)17-9-4-3-7-16-8-9/h1-2,5-6,9,16-17H,3-4,7-8H2/t9-/m0/s1. The summed E-state index contributed by atoms with van der Waals surface area (Å²) < 4.78 is 67.6. The molecule has 1 aliphatic heterocycles. The Balaban J connectivity index is 2.23. The van der Waals surface area contributed by atoms with Crippen LogP contribution in [0.1, 0.15) is 12.8 Å². The fourth-order valence-electron chi connectivity index (χ4n) is 2.12. The quantitative estimate of drug-likeness (QED) is 0.883. The summed E-state index contributed by atoms with van der Waals surface area (Å²) >= 11 is 0. The van der Waals surface area contributed by atoms with Crippen LogP contribution in [0.15, 0.2) is 29.2 Å². The summed E-state index contributed by atoms with van der Waals surface area (Å²) in [5, 5.41) is 3.02. The van der Waals surface area contributed by atoms with Gasteiger partial charge in [-0.1, -0.05) is 12.1 Å². The van der Waals surface area contributed by atoms with Crippen molar-refractivity contribution in [1.29, 1.82) is 0 Å². The molecule has 1 aromatic carbocycles. The van der Waals surface area contributed by atoms with E-state index in [9.17, 15) is 21.6 Å². The van der Waals surface area contributed by atoms with Gasteiger partial charge in [-0.2, -0.15) is 0 Å². The molecule has 118 valence electrons. The lowest BCUT2D eigenvalue weighted by molar-refractivity contribution is -0.275. The van der Waals surface area contributed by atoms with E-state index in [1.54, 1.807) is 0 Å². The van der Waals surface area contributed by atoms with Crippen LogP contribution in [0.4, 0.5) is 13.2 Å². The van der Waals surface area contributed by atoms with Crippen LogP contribution in [0.5, 0.6) is 5.75 Å². The highest BCUT2D eigenvalue weighted by molar-refractivity contribution is 7.89. The summed E-state index contributed by atoms with van der Waals surface area (Å²) in [5.74, 6) is -0.735. The van der Waals surface area contributed by atoms with Crippen molar-refractivity contribution in [2.24, 2.45) is 0 Å². The number of para-hydroxylation sites is 1. The number of rotatable bonds is 4. The summed E-state index contributed by atoms with van der Waals surface area (Å²) in [6.45, 7) is 1.24. The first-order chi connectivity index (χ1) is 9.78. The highest BCUT2D eigenvalue weighted by Crippen LogP contribution is 2.29. The van der Waals surface area contributed by atoms with Gasteiger partial charge in [-0.3, -0.25) is 0 Å². The predicted molar refractivity (Wildman–Crippen MR) is 69.3 cm³/mol. The summed E-state index contributed by atoms with van der Waals surface area (Å²) in [5.41, 5.74) is 0. The van der Waals surface area contributed by atoms with E-state index in [4.69, 9.17) is 0 Å². The molecular weight excluding hydrogens is 309 g/mol. The van der Waals surface area contributed by atoms with Gasteiger partial charge in [-0.05, 0) is 31.5 Å². The van der Waals surface area contributed by atoms with Gasteiger partial charge in [0.05, 0.1) is 0 Å². The van der Waals surface area contributed by atoms with Crippen LogP contribution in [-0.2, 0) is 10.0 Å². The molecule has 9 heteroatoms. The molecule has 0 radical (unpaired) electrons. The Morgan fingerprint density at radius 2 is 2.00 bits per heavy atom. The highest BCUT2D eigenvalue weighted by atomic mass is 32.2. The number of nitrogens with one attached hydrogen (secondary N) is 2. The smallest absolute Gasteiger partial charge is 0.404 e. The first-order valence-corrected chi connectivity index (χ1v) is 7.84. The maximum absolute atomic E-state index is 12.3. The molecule has 1 heterocycles. The minimum Gasteiger partial charge on any atom is -0.404 e. The topological polar surface area (TPSA) is 67.4 Å². The van der Waals surface area contributed by atoms with Crippen LogP contribution >= 0.6 is 0 Å². The predicted octanol–water partition coefficient (Wildman–Crippen LogP) is 1.62. The lowest BCUT2D eigenvalue weighted by Gasteiger charge is -2.24. The zero-order valence-corrected chi connectivity index (χ0v) is 11.8. The Labute approximate surface area is 120 Å². The molecule has 1 saturated heterocycles. The summed E-state index contributed by atoms with van der Waals surface area (Å²) in [6.07, 6.45) is -3.51. The van der Waals surface area contributed by atoms with Gasteiger partial charge in [0, 0.05) is 12.6 Å². The Morgan fingerprint density at radius 3 is 2.62 bits per heavy atom. The molecule has 0 aliphatic carbocycles. The van der Waals surface area contributed by atoms with Crippen LogP contribution in [0.2, 0.25) is 0 Å². The minimum atomic E-state index is -4.95. The molecule has 5 nitrogen and oxygen atoms in total. The number of halogens is 3. The van der Waals surface area contributed by atoms with Crippen molar-refractivity contribution < 1.29 is 26.3 Å². The van der Waals surface area contributed by atoms with Gasteiger partial charge in [-0.15, -0.1) is 13.2 Å². The molecule has 1 fully saturated rings. The Morgan fingerprint density at radius 1 is 1.29 bits per heavy atom. The molecule has 0 spiro atoms. The Kier molecular flexibility index (Phi) is 4.74. The fourth-order valence-corrected chi connectivity index (χ4v) is 3.52. The van der Waals surface area contributed by atoms with E-state index in [0.29, 0.717) is 13.0 Å². The van der Waals surface area contributed by atoms with Crippen molar-refractivity contribution in [2.45, 2.75) is 30.1 Å². The van der Waals surface area contributed by atoms with Crippen molar-refractivity contribution in [3.63, 3.8) is 0 Å². The van der Waals surface area contributed by atoms with E-state index in [-0.39, 0.29) is 6.04 Å². The highest BCUT2D eigenvalue weighted by Gasteiger charge is 2.34. The first kappa shape index (κ1) is 16.1. The van der Waals surface area contributed by atoms with E-state index in [0.717, 1.165) is 25.1 Å². The van der Waals surface area contributed by atoms with Gasteiger partial charge in [0.1, 0.15) is 10.6 Å². The molecule has 0 amide bonds. The average Bonchev–Trinajstić information content (AvgIpc) is 2.38. The van der Waals surface area contributed by atoms with E-state index in [1.807, 2.05) is 0 Å². The van der Waals surface area contributed by atoms with E-state index in [1.165, 1.54) is 12.1 Å². The second-order valence-electron chi connectivity index (χ2n) is 4.66. The van der Waals surface area contributed by atoms with Crippen LogP contribution in [0, 0.1) is 0 Å². The molecule has 2 rings (SSSR count). The normalized spacial score (nSPS) is 20.2. The number of ether oxygens (including phenoxy) is 1. The second kappa shape index (κ2) is 6.20. The maximum Gasteiger partial charge on any atom is 0.573 e. The van der Waals surface area contributed by atoms with Crippen LogP contribution < -0.4 is 14.8 Å². The van der Waals surface area contributed by atoms with Crippen LogP contribution in [0.3, 0.4) is 0 Å². The van der Waals surface area contributed by atoms with Crippen molar-refractivity contribution in [3.8, 4) is 5.75 Å². The summed E-state index contributed by atoms with van der Waals surface area (Å²) in [7, 11) is -4.08. The lowest BCUT2D eigenvalue weighted by atomic mass is 10.1. The first-order valence-electron chi connectivity index (χ1n) is 6.36. The van der Waals surface area contributed by atoms with Gasteiger partial charge in [0.2, 0.25) is 10.0 Å². The lowest BCUT2D eigenvalue weighted by Crippen LogP contribution is -2.45. The molecule has 21 heavy (non-hydrogen) atoms. The van der Waals surface area contributed by atoms with Gasteiger partial charge < -0.3 is 10.1 Å². The number of sulfonamides is 1. The SMILES string of the molecule is O=S(=O)(N[C@H]1CCCNC1)c1ccccc1OC(F)(F)F. The fraction of sp³-hybridized carbons (Fsp3) is 0.500.